The molecule has 3 rings (SSSR count). The van der Waals surface area contributed by atoms with Gasteiger partial charge in [0.15, 0.2) is 5.71 Å². The highest BCUT2D eigenvalue weighted by molar-refractivity contribution is 6.43. The Kier molecular flexibility index (Phi) is 7.93. The Morgan fingerprint density at radius 1 is 1.09 bits per heavy atom. The van der Waals surface area contributed by atoms with Crippen molar-refractivity contribution in [2.75, 3.05) is 5.43 Å². The first-order valence-corrected chi connectivity index (χ1v) is 11.2. The molecule has 0 amide bonds. The number of hydrogen-bond acceptors (Lipinski definition) is 8. The van der Waals surface area contributed by atoms with Crippen LogP contribution in [0.1, 0.15) is 45.6 Å². The second kappa shape index (κ2) is 10.9. The summed E-state index contributed by atoms with van der Waals surface area (Å²) in [6.07, 6.45) is 2.57. The summed E-state index contributed by atoms with van der Waals surface area (Å²) in [6.45, 7) is 6.37. The molecule has 3 atom stereocenters. The minimum atomic E-state index is -0.748. The zero-order valence-corrected chi connectivity index (χ0v) is 19.3. The fourth-order valence-corrected chi connectivity index (χ4v) is 4.26. The molecule has 0 saturated heterocycles. The van der Waals surface area contributed by atoms with Crippen molar-refractivity contribution >= 4 is 28.7 Å². The lowest BCUT2D eigenvalue weighted by atomic mass is 9.75. The number of nitro groups is 2. The number of benzene rings is 2. The van der Waals surface area contributed by atoms with Gasteiger partial charge in [-0.05, 0) is 36.7 Å². The van der Waals surface area contributed by atoms with Crippen molar-refractivity contribution in [2.24, 2.45) is 22.9 Å². The van der Waals surface area contributed by atoms with E-state index in [2.05, 4.69) is 31.3 Å². The summed E-state index contributed by atoms with van der Waals surface area (Å²) in [5.41, 5.74) is 1.96. The highest BCUT2D eigenvalue weighted by Gasteiger charge is 2.34. The number of nitro benzene ring substituents is 2. The molecule has 0 spiro atoms. The minimum absolute atomic E-state index is 0.0333. The average molecular weight is 469 g/mol. The van der Waals surface area contributed by atoms with Gasteiger partial charge in [-0.25, -0.2) is 4.79 Å². The fraction of sp³-hybridized carbons (Fsp3) is 0.417. The van der Waals surface area contributed by atoms with Gasteiger partial charge in [-0.15, -0.1) is 0 Å². The number of nitrogens with one attached hydrogen (secondary N) is 1. The van der Waals surface area contributed by atoms with E-state index >= 15 is 0 Å². The van der Waals surface area contributed by atoms with Crippen LogP contribution in [0.25, 0.3) is 0 Å². The van der Waals surface area contributed by atoms with E-state index in [4.69, 9.17) is 4.74 Å². The van der Waals surface area contributed by atoms with Gasteiger partial charge >= 0.3 is 11.7 Å². The predicted octanol–water partition coefficient (Wildman–Crippen LogP) is 5.32. The first-order valence-electron chi connectivity index (χ1n) is 11.2. The molecule has 1 aliphatic carbocycles. The highest BCUT2D eigenvalue weighted by atomic mass is 16.6. The first-order chi connectivity index (χ1) is 16.2. The zero-order chi connectivity index (χ0) is 24.8. The van der Waals surface area contributed by atoms with Crippen LogP contribution in [0, 0.1) is 38.0 Å². The average Bonchev–Trinajstić information content (AvgIpc) is 2.79. The Morgan fingerprint density at radius 2 is 1.79 bits per heavy atom. The third-order valence-corrected chi connectivity index (χ3v) is 6.14. The van der Waals surface area contributed by atoms with Crippen LogP contribution < -0.4 is 5.43 Å². The van der Waals surface area contributed by atoms with E-state index in [1.165, 1.54) is 6.07 Å². The maximum atomic E-state index is 13.3. The zero-order valence-electron chi connectivity index (χ0n) is 19.3. The summed E-state index contributed by atoms with van der Waals surface area (Å²) < 4.78 is 5.94. The lowest BCUT2D eigenvalue weighted by Gasteiger charge is -2.36. The predicted molar refractivity (Wildman–Crippen MR) is 128 cm³/mol. The Morgan fingerprint density at radius 3 is 2.41 bits per heavy atom. The Labute approximate surface area is 197 Å². The number of esters is 1. The van der Waals surface area contributed by atoms with E-state index in [0.29, 0.717) is 17.4 Å². The van der Waals surface area contributed by atoms with Gasteiger partial charge in [-0.2, -0.15) is 5.10 Å². The third-order valence-electron chi connectivity index (χ3n) is 6.14. The number of hydrazone groups is 1. The summed E-state index contributed by atoms with van der Waals surface area (Å²) in [6, 6.07) is 11.8. The maximum Gasteiger partial charge on any atom is 0.359 e. The number of carbonyl (C=O) groups excluding carboxylic acids is 1. The maximum absolute atomic E-state index is 13.3. The first kappa shape index (κ1) is 24.8. The molecule has 34 heavy (non-hydrogen) atoms. The molecule has 0 aromatic heterocycles. The lowest BCUT2D eigenvalue weighted by molar-refractivity contribution is -0.393. The summed E-state index contributed by atoms with van der Waals surface area (Å²) in [5, 5.41) is 26.6. The van der Waals surface area contributed by atoms with Crippen LogP contribution in [-0.4, -0.2) is 27.6 Å². The number of anilines is 1. The van der Waals surface area contributed by atoms with Crippen molar-refractivity contribution < 1.29 is 19.4 Å². The number of nitrogens with zero attached hydrogens (tertiary/aromatic N) is 3. The van der Waals surface area contributed by atoms with E-state index in [9.17, 15) is 25.0 Å². The van der Waals surface area contributed by atoms with Crippen LogP contribution in [0.15, 0.2) is 53.6 Å². The molecule has 0 aliphatic heterocycles. The number of hydrogen-bond donors (Lipinski definition) is 1. The molecular formula is C24H28N4O6. The smallest absolute Gasteiger partial charge is 0.359 e. The van der Waals surface area contributed by atoms with E-state index in [0.717, 1.165) is 31.4 Å². The van der Waals surface area contributed by atoms with E-state index < -0.39 is 27.2 Å². The van der Waals surface area contributed by atoms with Crippen LogP contribution >= 0.6 is 0 Å². The highest BCUT2D eigenvalue weighted by Crippen LogP contribution is 2.35. The van der Waals surface area contributed by atoms with Gasteiger partial charge in [0.2, 0.25) is 0 Å². The van der Waals surface area contributed by atoms with Gasteiger partial charge in [-0.1, -0.05) is 57.5 Å². The molecule has 0 unspecified atom stereocenters. The van der Waals surface area contributed by atoms with Crippen LogP contribution in [0.5, 0.6) is 0 Å². The van der Waals surface area contributed by atoms with Crippen LogP contribution in [0.4, 0.5) is 17.1 Å². The molecule has 0 heterocycles. The Bertz CT molecular complexity index is 1090. The molecule has 10 nitrogen and oxygen atoms in total. The monoisotopic (exact) mass is 468 g/mol. The molecule has 1 aliphatic rings. The quantitative estimate of drug-likeness (QED) is 0.239. The van der Waals surface area contributed by atoms with Crippen molar-refractivity contribution in [3.63, 3.8) is 0 Å². The van der Waals surface area contributed by atoms with Crippen LogP contribution in [0.2, 0.25) is 0 Å². The number of ether oxygens (including phenoxy) is 1. The molecule has 2 aromatic rings. The second-order valence-electron chi connectivity index (χ2n) is 8.92. The molecule has 0 bridgehead atoms. The van der Waals surface area contributed by atoms with Gasteiger partial charge in [0.05, 0.1) is 15.9 Å². The molecule has 2 aromatic carbocycles. The van der Waals surface area contributed by atoms with Crippen molar-refractivity contribution in [1.29, 1.82) is 0 Å². The summed E-state index contributed by atoms with van der Waals surface area (Å²) >= 11 is 0. The molecule has 1 fully saturated rings. The molecule has 0 radical (unpaired) electrons. The molecule has 10 heteroatoms. The van der Waals surface area contributed by atoms with Crippen molar-refractivity contribution in [3.05, 3.63) is 74.3 Å². The fourth-order valence-electron chi connectivity index (χ4n) is 4.26. The molecular weight excluding hydrogens is 440 g/mol. The summed E-state index contributed by atoms with van der Waals surface area (Å²) in [4.78, 5) is 34.2. The van der Waals surface area contributed by atoms with E-state index in [1.54, 1.807) is 30.3 Å². The Hall–Kier alpha value is -3.82. The normalized spacial score (nSPS) is 20.6. The molecule has 180 valence electrons. The SMILES string of the molecule is CC(C)[C@@H]1CC[C@@H](C)C[C@H]1OC(=O)/C(=N\Nc1ccc([N+](=O)[O-])cc1[N+](=O)[O-])c1ccccc1. The van der Waals surface area contributed by atoms with Gasteiger partial charge in [-0.3, -0.25) is 25.7 Å². The number of carbonyl (C=O) groups is 1. The lowest BCUT2D eigenvalue weighted by Crippen LogP contribution is -2.37. The summed E-state index contributed by atoms with van der Waals surface area (Å²) in [7, 11) is 0. The van der Waals surface area contributed by atoms with Crippen molar-refractivity contribution in [3.8, 4) is 0 Å². The second-order valence-corrected chi connectivity index (χ2v) is 8.92. The van der Waals surface area contributed by atoms with Crippen LogP contribution in [0.3, 0.4) is 0 Å². The topological polar surface area (TPSA) is 137 Å². The van der Waals surface area contributed by atoms with Gasteiger partial charge in [0, 0.05) is 11.6 Å². The number of rotatable bonds is 8. The standard InChI is InChI=1S/C24H28N4O6/c1-15(2)19-11-9-16(3)13-22(19)34-24(29)23(17-7-5-4-6-8-17)26-25-20-12-10-18(27(30)31)14-21(20)28(32)33/h4-8,10,12,14-16,19,22,25H,9,11,13H2,1-3H3/b26-23-/t16-,19+,22-/m1/s1. The van der Waals surface area contributed by atoms with Gasteiger partial charge < -0.3 is 4.74 Å². The van der Waals surface area contributed by atoms with E-state index in [1.807, 2.05) is 0 Å². The van der Waals surface area contributed by atoms with E-state index in [-0.39, 0.29) is 23.4 Å². The Balaban J connectivity index is 1.92. The largest absolute Gasteiger partial charge is 0.457 e. The van der Waals surface area contributed by atoms with Gasteiger partial charge in [0.25, 0.3) is 5.69 Å². The number of non-ortho nitro benzene ring substituents is 1. The van der Waals surface area contributed by atoms with Crippen molar-refractivity contribution in [1.82, 2.24) is 0 Å². The molecule has 1 saturated carbocycles. The molecule has 1 N–H and O–H groups in total. The van der Waals surface area contributed by atoms with Gasteiger partial charge in [0.1, 0.15) is 11.8 Å². The third kappa shape index (κ3) is 5.94. The van der Waals surface area contributed by atoms with Crippen molar-refractivity contribution in [2.45, 2.75) is 46.1 Å². The summed E-state index contributed by atoms with van der Waals surface area (Å²) in [5.74, 6) is 0.392. The van der Waals surface area contributed by atoms with Crippen LogP contribution in [-0.2, 0) is 9.53 Å². The minimum Gasteiger partial charge on any atom is -0.457 e.